The average Bonchev–Trinajstić information content (AvgIpc) is 2.93. The number of hydrogen-bond acceptors (Lipinski definition) is 1. The zero-order valence-corrected chi connectivity index (χ0v) is 8.11. The van der Waals surface area contributed by atoms with Crippen molar-refractivity contribution in [1.82, 2.24) is 0 Å². The maximum atomic E-state index is 12.9. The Morgan fingerprint density at radius 1 is 1.20 bits per heavy atom. The van der Waals surface area contributed by atoms with Gasteiger partial charge in [-0.3, -0.25) is 4.79 Å². The molecule has 0 spiro atoms. The molecule has 0 aliphatic heterocycles. The molecule has 0 radical (unpaired) electrons. The fourth-order valence-corrected chi connectivity index (χ4v) is 1.80. The normalized spacial score (nSPS) is 17.6. The van der Waals surface area contributed by atoms with Gasteiger partial charge in [-0.25, -0.2) is 13.2 Å². The molecule has 0 atom stereocenters. The molecule has 1 aromatic rings. The average molecular weight is 214 g/mol. The van der Waals surface area contributed by atoms with Crippen LogP contribution < -0.4 is 0 Å². The van der Waals surface area contributed by atoms with Crippen molar-refractivity contribution >= 4 is 5.78 Å². The predicted molar refractivity (Wildman–Crippen MR) is 47.9 cm³/mol. The van der Waals surface area contributed by atoms with E-state index >= 15 is 0 Å². The van der Waals surface area contributed by atoms with Gasteiger partial charge in [-0.05, 0) is 37.5 Å². The highest BCUT2D eigenvalue weighted by atomic mass is 19.2. The first-order valence-corrected chi connectivity index (χ1v) is 4.63. The Kier molecular flexibility index (Phi) is 2.10. The standard InChI is InChI=1S/C11H9F3O/c1-6(15)11(2-3-11)7-4-8(12)10(14)9(13)5-7/h4-5H,2-3H2,1H3. The predicted octanol–water partition coefficient (Wildman–Crippen LogP) is 2.72. The van der Waals surface area contributed by atoms with Crippen molar-refractivity contribution < 1.29 is 18.0 Å². The van der Waals surface area contributed by atoms with Crippen LogP contribution in [0.1, 0.15) is 25.3 Å². The van der Waals surface area contributed by atoms with Crippen LogP contribution in [0.2, 0.25) is 0 Å². The van der Waals surface area contributed by atoms with Gasteiger partial charge < -0.3 is 0 Å². The molecule has 15 heavy (non-hydrogen) atoms. The van der Waals surface area contributed by atoms with E-state index in [1.807, 2.05) is 0 Å². The summed E-state index contributed by atoms with van der Waals surface area (Å²) in [7, 11) is 0. The molecule has 1 aromatic carbocycles. The van der Waals surface area contributed by atoms with Crippen molar-refractivity contribution in [3.8, 4) is 0 Å². The SMILES string of the molecule is CC(=O)C1(c2cc(F)c(F)c(F)c2)CC1. The molecule has 0 N–H and O–H groups in total. The number of carbonyl (C=O) groups is 1. The molecule has 1 aliphatic carbocycles. The van der Waals surface area contributed by atoms with Gasteiger partial charge >= 0.3 is 0 Å². The zero-order chi connectivity index (χ0) is 11.2. The third kappa shape index (κ3) is 1.44. The number of ketones is 1. The minimum Gasteiger partial charge on any atom is -0.299 e. The number of benzene rings is 1. The van der Waals surface area contributed by atoms with Crippen LogP contribution in [-0.4, -0.2) is 5.78 Å². The van der Waals surface area contributed by atoms with E-state index < -0.39 is 22.9 Å². The Morgan fingerprint density at radius 3 is 2.00 bits per heavy atom. The molecular formula is C11H9F3O. The molecule has 1 nitrogen and oxygen atoms in total. The zero-order valence-electron chi connectivity index (χ0n) is 8.11. The first-order valence-electron chi connectivity index (χ1n) is 4.63. The molecule has 0 saturated heterocycles. The van der Waals surface area contributed by atoms with E-state index in [4.69, 9.17) is 0 Å². The third-order valence-electron chi connectivity index (χ3n) is 2.96. The van der Waals surface area contributed by atoms with E-state index in [0.29, 0.717) is 12.8 Å². The summed E-state index contributed by atoms with van der Waals surface area (Å²) in [5.41, 5.74) is -0.526. The van der Waals surface area contributed by atoms with Crippen LogP contribution in [0.25, 0.3) is 0 Å². The van der Waals surface area contributed by atoms with E-state index in [1.54, 1.807) is 0 Å². The fourth-order valence-electron chi connectivity index (χ4n) is 1.80. The second-order valence-corrected chi connectivity index (χ2v) is 3.89. The Balaban J connectivity index is 2.51. The quantitative estimate of drug-likeness (QED) is 0.692. The summed E-state index contributed by atoms with van der Waals surface area (Å²) in [6.45, 7) is 1.38. The largest absolute Gasteiger partial charge is 0.299 e. The van der Waals surface area contributed by atoms with Gasteiger partial charge in [0, 0.05) is 0 Å². The van der Waals surface area contributed by atoms with Crippen molar-refractivity contribution in [2.45, 2.75) is 25.2 Å². The topological polar surface area (TPSA) is 17.1 Å². The first kappa shape index (κ1) is 10.2. The Labute approximate surface area is 84.9 Å². The van der Waals surface area contributed by atoms with E-state index in [1.165, 1.54) is 6.92 Å². The number of rotatable bonds is 2. The maximum absolute atomic E-state index is 12.9. The van der Waals surface area contributed by atoms with Crippen LogP contribution in [0.3, 0.4) is 0 Å². The highest BCUT2D eigenvalue weighted by Crippen LogP contribution is 2.49. The second kappa shape index (κ2) is 3.08. The summed E-state index contributed by atoms with van der Waals surface area (Å²) in [6.07, 6.45) is 1.15. The summed E-state index contributed by atoms with van der Waals surface area (Å²) in [6, 6.07) is 1.82. The van der Waals surface area contributed by atoms with Crippen LogP contribution in [0, 0.1) is 17.5 Å². The first-order chi connectivity index (χ1) is 6.97. The van der Waals surface area contributed by atoms with Gasteiger partial charge in [0.05, 0.1) is 5.41 Å². The molecule has 0 unspecified atom stereocenters. The van der Waals surface area contributed by atoms with Gasteiger partial charge in [-0.15, -0.1) is 0 Å². The molecule has 1 fully saturated rings. The van der Waals surface area contributed by atoms with Crippen LogP contribution in [0.5, 0.6) is 0 Å². The minimum absolute atomic E-state index is 0.132. The van der Waals surface area contributed by atoms with Crippen molar-refractivity contribution in [2.24, 2.45) is 0 Å². The lowest BCUT2D eigenvalue weighted by Gasteiger charge is -2.12. The molecule has 0 heterocycles. The number of Topliss-reactive ketones (excluding diaryl/α,β-unsaturated/α-hetero) is 1. The molecule has 0 aromatic heterocycles. The number of carbonyl (C=O) groups excluding carboxylic acids is 1. The van der Waals surface area contributed by atoms with E-state index in [-0.39, 0.29) is 11.3 Å². The Bertz CT molecular complexity index is 412. The van der Waals surface area contributed by atoms with Crippen LogP contribution in [0.15, 0.2) is 12.1 Å². The molecule has 2 rings (SSSR count). The van der Waals surface area contributed by atoms with Crippen LogP contribution >= 0.6 is 0 Å². The summed E-state index contributed by atoms with van der Waals surface area (Å²) in [4.78, 5) is 11.3. The van der Waals surface area contributed by atoms with Crippen LogP contribution in [0.4, 0.5) is 13.2 Å². The third-order valence-corrected chi connectivity index (χ3v) is 2.96. The van der Waals surface area contributed by atoms with Gasteiger partial charge in [0.2, 0.25) is 0 Å². The minimum atomic E-state index is -1.49. The van der Waals surface area contributed by atoms with Gasteiger partial charge in [0.25, 0.3) is 0 Å². The lowest BCUT2D eigenvalue weighted by molar-refractivity contribution is -0.119. The number of halogens is 3. The smallest absolute Gasteiger partial charge is 0.194 e. The summed E-state index contributed by atoms with van der Waals surface area (Å²) in [5, 5.41) is 0. The van der Waals surface area contributed by atoms with Crippen molar-refractivity contribution in [2.75, 3.05) is 0 Å². The van der Waals surface area contributed by atoms with Crippen molar-refractivity contribution in [3.05, 3.63) is 35.1 Å². The van der Waals surface area contributed by atoms with Crippen molar-refractivity contribution in [3.63, 3.8) is 0 Å². The molecule has 0 amide bonds. The van der Waals surface area contributed by atoms with Gasteiger partial charge in [0.1, 0.15) is 5.78 Å². The fraction of sp³-hybridized carbons (Fsp3) is 0.364. The van der Waals surface area contributed by atoms with Gasteiger partial charge in [-0.2, -0.15) is 0 Å². The highest BCUT2D eigenvalue weighted by molar-refractivity contribution is 5.91. The lowest BCUT2D eigenvalue weighted by Crippen LogP contribution is -2.17. The summed E-state index contributed by atoms with van der Waals surface area (Å²) < 4.78 is 38.6. The molecule has 1 saturated carbocycles. The lowest BCUT2D eigenvalue weighted by atomic mass is 9.92. The van der Waals surface area contributed by atoms with E-state index in [0.717, 1.165) is 12.1 Å². The monoisotopic (exact) mass is 214 g/mol. The Hall–Kier alpha value is -1.32. The number of hydrogen-bond donors (Lipinski definition) is 0. The van der Waals surface area contributed by atoms with Crippen molar-refractivity contribution in [1.29, 1.82) is 0 Å². The molecular weight excluding hydrogens is 205 g/mol. The second-order valence-electron chi connectivity index (χ2n) is 3.89. The Morgan fingerprint density at radius 2 is 1.67 bits per heavy atom. The highest BCUT2D eigenvalue weighted by Gasteiger charge is 2.49. The van der Waals surface area contributed by atoms with Crippen LogP contribution in [-0.2, 0) is 10.2 Å². The van der Waals surface area contributed by atoms with Gasteiger partial charge in [0.15, 0.2) is 17.5 Å². The molecule has 0 bridgehead atoms. The molecule has 4 heteroatoms. The molecule has 1 aliphatic rings. The van der Waals surface area contributed by atoms with E-state index in [9.17, 15) is 18.0 Å². The van der Waals surface area contributed by atoms with E-state index in [2.05, 4.69) is 0 Å². The summed E-state index contributed by atoms with van der Waals surface area (Å²) in [5.74, 6) is -4.10. The maximum Gasteiger partial charge on any atom is 0.194 e. The van der Waals surface area contributed by atoms with Gasteiger partial charge in [-0.1, -0.05) is 0 Å². The molecule has 80 valence electrons. The summed E-state index contributed by atoms with van der Waals surface area (Å²) >= 11 is 0.